The van der Waals surface area contributed by atoms with Crippen LogP contribution in [0.2, 0.25) is 0 Å². The monoisotopic (exact) mass is 373 g/mol. The zero-order valence-electron chi connectivity index (χ0n) is 16.5. The Labute approximate surface area is 160 Å². The summed E-state index contributed by atoms with van der Waals surface area (Å²) in [5, 5.41) is 6.52. The highest BCUT2D eigenvalue weighted by atomic mass is 16.5. The Morgan fingerprint density at radius 3 is 2.19 bits per heavy atom. The molecule has 0 aromatic heterocycles. The van der Waals surface area contributed by atoms with Gasteiger partial charge in [-0.25, -0.2) is 0 Å². The van der Waals surface area contributed by atoms with Gasteiger partial charge in [0, 0.05) is 25.3 Å². The van der Waals surface area contributed by atoms with Gasteiger partial charge in [-0.3, -0.25) is 4.99 Å². The molecule has 2 aromatic carbocycles. The van der Waals surface area contributed by atoms with Crippen molar-refractivity contribution in [3.05, 3.63) is 42.0 Å². The fourth-order valence-electron chi connectivity index (χ4n) is 2.52. The van der Waals surface area contributed by atoms with E-state index in [1.807, 2.05) is 43.3 Å². The number of ether oxygens (including phenoxy) is 4. The predicted octanol–water partition coefficient (Wildman–Crippen LogP) is 3.30. The van der Waals surface area contributed by atoms with E-state index in [-0.39, 0.29) is 0 Å². The largest absolute Gasteiger partial charge is 0.493 e. The molecule has 0 atom stereocenters. The normalized spacial score (nSPS) is 10.9. The summed E-state index contributed by atoms with van der Waals surface area (Å²) in [6.45, 7) is 3.07. The van der Waals surface area contributed by atoms with Gasteiger partial charge < -0.3 is 29.6 Å². The lowest BCUT2D eigenvalue weighted by atomic mass is 10.2. The molecule has 0 amide bonds. The number of hydrogen-bond acceptors (Lipinski definition) is 5. The minimum atomic E-state index is 0.562. The SMILES string of the molecule is CCOc1cc(NC(=NC)NCc2ccc(OC)c(OC)c2)ccc1OC. The maximum Gasteiger partial charge on any atom is 0.195 e. The first kappa shape index (κ1) is 20.2. The molecule has 2 rings (SSSR count). The number of rotatable bonds is 8. The Balaban J connectivity index is 2.05. The molecule has 2 N–H and O–H groups in total. The molecular weight excluding hydrogens is 346 g/mol. The van der Waals surface area contributed by atoms with Crippen LogP contribution in [0.4, 0.5) is 5.69 Å². The lowest BCUT2D eigenvalue weighted by Gasteiger charge is -2.15. The second kappa shape index (κ2) is 10.2. The zero-order chi connectivity index (χ0) is 19.6. The predicted molar refractivity (Wildman–Crippen MR) is 108 cm³/mol. The van der Waals surface area contributed by atoms with Crippen LogP contribution >= 0.6 is 0 Å². The van der Waals surface area contributed by atoms with Crippen molar-refractivity contribution in [3.63, 3.8) is 0 Å². The fraction of sp³-hybridized carbons (Fsp3) is 0.350. The molecular formula is C20H27N3O4. The van der Waals surface area contributed by atoms with Crippen molar-refractivity contribution in [2.45, 2.75) is 13.5 Å². The Hall–Kier alpha value is -3.09. The van der Waals surface area contributed by atoms with Crippen LogP contribution in [0, 0.1) is 0 Å². The first-order valence-electron chi connectivity index (χ1n) is 8.64. The molecule has 0 saturated heterocycles. The molecule has 2 aromatic rings. The second-order valence-electron chi connectivity index (χ2n) is 5.54. The maximum atomic E-state index is 5.61. The van der Waals surface area contributed by atoms with Crippen molar-refractivity contribution in [1.29, 1.82) is 0 Å². The summed E-state index contributed by atoms with van der Waals surface area (Å²) >= 11 is 0. The maximum absolute atomic E-state index is 5.61. The van der Waals surface area contributed by atoms with Gasteiger partial charge in [-0.2, -0.15) is 0 Å². The van der Waals surface area contributed by atoms with Crippen LogP contribution in [0.5, 0.6) is 23.0 Å². The van der Waals surface area contributed by atoms with Gasteiger partial charge in [0.05, 0.1) is 27.9 Å². The first-order valence-corrected chi connectivity index (χ1v) is 8.64. The molecule has 0 spiro atoms. The van der Waals surface area contributed by atoms with Gasteiger partial charge in [0.2, 0.25) is 0 Å². The van der Waals surface area contributed by atoms with E-state index in [9.17, 15) is 0 Å². The van der Waals surface area contributed by atoms with Crippen LogP contribution in [0.15, 0.2) is 41.4 Å². The Morgan fingerprint density at radius 2 is 1.56 bits per heavy atom. The molecule has 0 radical (unpaired) electrons. The van der Waals surface area contributed by atoms with Gasteiger partial charge >= 0.3 is 0 Å². The number of methoxy groups -OCH3 is 3. The standard InChI is InChI=1S/C20H27N3O4/c1-6-27-19-12-15(8-10-17(19)25-4)23-20(21-2)22-13-14-7-9-16(24-3)18(11-14)26-5/h7-12H,6,13H2,1-5H3,(H2,21,22,23). The van der Waals surface area contributed by atoms with E-state index >= 15 is 0 Å². The molecule has 0 heterocycles. The third-order valence-corrected chi connectivity index (χ3v) is 3.86. The van der Waals surface area contributed by atoms with E-state index in [4.69, 9.17) is 18.9 Å². The smallest absolute Gasteiger partial charge is 0.195 e. The molecule has 0 aliphatic heterocycles. The third-order valence-electron chi connectivity index (χ3n) is 3.86. The van der Waals surface area contributed by atoms with E-state index < -0.39 is 0 Å². The summed E-state index contributed by atoms with van der Waals surface area (Å²) in [4.78, 5) is 4.26. The lowest BCUT2D eigenvalue weighted by molar-refractivity contribution is 0.311. The minimum Gasteiger partial charge on any atom is -0.493 e. The van der Waals surface area contributed by atoms with Crippen molar-refractivity contribution < 1.29 is 18.9 Å². The molecule has 0 aliphatic carbocycles. The van der Waals surface area contributed by atoms with Gasteiger partial charge in [0.25, 0.3) is 0 Å². The number of aliphatic imine (C=N–C) groups is 1. The average Bonchev–Trinajstić information content (AvgIpc) is 2.71. The number of anilines is 1. The Bertz CT molecular complexity index is 778. The van der Waals surface area contributed by atoms with E-state index in [0.29, 0.717) is 42.1 Å². The first-order chi connectivity index (χ1) is 13.1. The molecule has 7 nitrogen and oxygen atoms in total. The van der Waals surface area contributed by atoms with Crippen LogP contribution in [-0.4, -0.2) is 40.9 Å². The van der Waals surface area contributed by atoms with Gasteiger partial charge in [0.15, 0.2) is 29.0 Å². The van der Waals surface area contributed by atoms with E-state index in [1.165, 1.54) is 0 Å². The van der Waals surface area contributed by atoms with Crippen LogP contribution in [0.1, 0.15) is 12.5 Å². The van der Waals surface area contributed by atoms with Crippen molar-refractivity contribution >= 4 is 11.6 Å². The zero-order valence-corrected chi connectivity index (χ0v) is 16.5. The fourth-order valence-corrected chi connectivity index (χ4v) is 2.52. The summed E-state index contributed by atoms with van der Waals surface area (Å²) in [7, 11) is 6.58. The summed E-state index contributed by atoms with van der Waals surface area (Å²) in [6, 6.07) is 11.4. The highest BCUT2D eigenvalue weighted by molar-refractivity contribution is 5.93. The summed E-state index contributed by atoms with van der Waals surface area (Å²) in [5.74, 6) is 3.40. The number of nitrogens with one attached hydrogen (secondary N) is 2. The minimum absolute atomic E-state index is 0.562. The third kappa shape index (κ3) is 5.44. The molecule has 0 saturated carbocycles. The van der Waals surface area contributed by atoms with Gasteiger partial charge in [0.1, 0.15) is 0 Å². The summed E-state index contributed by atoms with van der Waals surface area (Å²) < 4.78 is 21.5. The molecule has 0 aliphatic rings. The molecule has 27 heavy (non-hydrogen) atoms. The van der Waals surface area contributed by atoms with Crippen molar-refractivity contribution in [3.8, 4) is 23.0 Å². The number of hydrogen-bond donors (Lipinski definition) is 2. The quantitative estimate of drug-likeness (QED) is 0.546. The Kier molecular flexibility index (Phi) is 7.61. The van der Waals surface area contributed by atoms with Gasteiger partial charge in [-0.1, -0.05) is 6.07 Å². The highest BCUT2D eigenvalue weighted by Crippen LogP contribution is 2.30. The molecule has 146 valence electrons. The van der Waals surface area contributed by atoms with E-state index in [0.717, 1.165) is 11.3 Å². The number of nitrogens with zero attached hydrogens (tertiary/aromatic N) is 1. The second-order valence-corrected chi connectivity index (χ2v) is 5.54. The lowest BCUT2D eigenvalue weighted by Crippen LogP contribution is -2.30. The number of guanidine groups is 1. The molecule has 0 fully saturated rings. The summed E-state index contributed by atoms with van der Waals surface area (Å²) in [5.41, 5.74) is 1.89. The van der Waals surface area contributed by atoms with Crippen LogP contribution in [0.25, 0.3) is 0 Å². The van der Waals surface area contributed by atoms with Gasteiger partial charge in [-0.05, 0) is 36.8 Å². The van der Waals surface area contributed by atoms with E-state index in [2.05, 4.69) is 15.6 Å². The molecule has 0 bridgehead atoms. The van der Waals surface area contributed by atoms with Crippen molar-refractivity contribution in [2.75, 3.05) is 40.3 Å². The van der Waals surface area contributed by atoms with E-state index in [1.54, 1.807) is 28.4 Å². The summed E-state index contributed by atoms with van der Waals surface area (Å²) in [6.07, 6.45) is 0. The average molecular weight is 373 g/mol. The molecule has 0 unspecified atom stereocenters. The van der Waals surface area contributed by atoms with Crippen molar-refractivity contribution in [1.82, 2.24) is 5.32 Å². The Morgan fingerprint density at radius 1 is 0.889 bits per heavy atom. The van der Waals surface area contributed by atoms with Crippen LogP contribution < -0.4 is 29.6 Å². The van der Waals surface area contributed by atoms with Crippen molar-refractivity contribution in [2.24, 2.45) is 4.99 Å². The highest BCUT2D eigenvalue weighted by Gasteiger charge is 2.08. The number of benzene rings is 2. The van der Waals surface area contributed by atoms with Crippen LogP contribution in [0.3, 0.4) is 0 Å². The van der Waals surface area contributed by atoms with Gasteiger partial charge in [-0.15, -0.1) is 0 Å². The molecule has 7 heteroatoms. The topological polar surface area (TPSA) is 73.3 Å². The van der Waals surface area contributed by atoms with Crippen LogP contribution in [-0.2, 0) is 6.54 Å².